The summed E-state index contributed by atoms with van der Waals surface area (Å²) in [6, 6.07) is 13.6. The number of aromatic nitrogens is 2. The zero-order valence-electron chi connectivity index (χ0n) is 12.4. The van der Waals surface area contributed by atoms with E-state index in [1.54, 1.807) is 28.7 Å². The molecule has 0 unspecified atom stereocenters. The fourth-order valence-corrected chi connectivity index (χ4v) is 3.28. The molecule has 2 aromatic heterocycles. The van der Waals surface area contributed by atoms with Gasteiger partial charge in [-0.05, 0) is 25.1 Å². The van der Waals surface area contributed by atoms with Crippen LogP contribution in [0.2, 0.25) is 0 Å². The van der Waals surface area contributed by atoms with Gasteiger partial charge in [0.2, 0.25) is 0 Å². The number of nitrogens with zero attached hydrogens (tertiary/aromatic N) is 2. The quantitative estimate of drug-likeness (QED) is 0.682. The molecule has 0 radical (unpaired) electrons. The van der Waals surface area contributed by atoms with Crippen LogP contribution in [0.15, 0.2) is 58.2 Å². The third-order valence-electron chi connectivity index (χ3n) is 3.42. The summed E-state index contributed by atoms with van der Waals surface area (Å²) >= 11 is 1.32. The summed E-state index contributed by atoms with van der Waals surface area (Å²) in [6.45, 7) is 1.85. The molecule has 0 aliphatic rings. The zero-order chi connectivity index (χ0) is 16.4. The lowest BCUT2D eigenvalue weighted by Gasteiger charge is -2.10. The fourth-order valence-electron chi connectivity index (χ4n) is 2.35. The molecule has 23 heavy (non-hydrogen) atoms. The van der Waals surface area contributed by atoms with Crippen molar-refractivity contribution < 1.29 is 9.90 Å². The normalized spacial score (nSPS) is 10.8. The number of carboxylic acid groups (broad SMARTS) is 1. The maximum atomic E-state index is 12.2. The van der Waals surface area contributed by atoms with Crippen LogP contribution in [0.4, 0.5) is 0 Å². The number of thioether (sulfide) groups is 1. The monoisotopic (exact) mass is 325 g/mol. The molecule has 3 rings (SSSR count). The number of carbonyl (C=O) groups excluding carboxylic acids is 1. The summed E-state index contributed by atoms with van der Waals surface area (Å²) in [4.78, 5) is 28.4. The number of aromatic carboxylic acids is 1. The number of benzene rings is 1. The highest BCUT2D eigenvalue weighted by atomic mass is 32.2. The third kappa shape index (κ3) is 3.12. The molecule has 0 aliphatic heterocycles. The van der Waals surface area contributed by atoms with Crippen molar-refractivity contribution in [2.24, 2.45) is 0 Å². The SMILES string of the molecule is Cc1cccc2nc(CSc3ccccc3C(=O)[O-])cc(=O)n12. The molecule has 0 saturated heterocycles. The molecule has 116 valence electrons. The van der Waals surface area contributed by atoms with Crippen LogP contribution in [0.1, 0.15) is 21.7 Å². The molecule has 0 atom stereocenters. The van der Waals surface area contributed by atoms with E-state index in [2.05, 4.69) is 4.98 Å². The molecule has 0 fully saturated rings. The van der Waals surface area contributed by atoms with Gasteiger partial charge in [-0.3, -0.25) is 9.20 Å². The molecule has 0 bridgehead atoms. The van der Waals surface area contributed by atoms with Crippen molar-refractivity contribution in [3.05, 3.63) is 75.8 Å². The Morgan fingerprint density at radius 2 is 2.00 bits per heavy atom. The van der Waals surface area contributed by atoms with E-state index in [0.717, 1.165) is 5.69 Å². The van der Waals surface area contributed by atoms with E-state index >= 15 is 0 Å². The number of fused-ring (bicyclic) bond motifs is 1. The van der Waals surface area contributed by atoms with Crippen molar-refractivity contribution in [3.8, 4) is 0 Å². The largest absolute Gasteiger partial charge is 0.545 e. The minimum Gasteiger partial charge on any atom is -0.545 e. The van der Waals surface area contributed by atoms with Crippen LogP contribution in [-0.4, -0.2) is 15.4 Å². The van der Waals surface area contributed by atoms with Crippen molar-refractivity contribution in [2.75, 3.05) is 0 Å². The highest BCUT2D eigenvalue weighted by Crippen LogP contribution is 2.25. The summed E-state index contributed by atoms with van der Waals surface area (Å²) in [6.07, 6.45) is 0. The summed E-state index contributed by atoms with van der Waals surface area (Å²) in [7, 11) is 0. The Bertz CT molecular complexity index is 950. The van der Waals surface area contributed by atoms with Gasteiger partial charge in [-0.1, -0.05) is 24.3 Å². The van der Waals surface area contributed by atoms with E-state index in [1.807, 2.05) is 19.1 Å². The average molecular weight is 325 g/mol. The summed E-state index contributed by atoms with van der Waals surface area (Å²) < 4.78 is 1.54. The van der Waals surface area contributed by atoms with E-state index < -0.39 is 5.97 Å². The van der Waals surface area contributed by atoms with Crippen LogP contribution in [0, 0.1) is 6.92 Å². The Morgan fingerprint density at radius 1 is 1.22 bits per heavy atom. The van der Waals surface area contributed by atoms with E-state index in [-0.39, 0.29) is 11.1 Å². The molecule has 0 spiro atoms. The second kappa shape index (κ2) is 6.26. The lowest BCUT2D eigenvalue weighted by molar-refractivity contribution is -0.255. The Balaban J connectivity index is 1.92. The highest BCUT2D eigenvalue weighted by Gasteiger charge is 2.07. The minimum absolute atomic E-state index is 0.142. The van der Waals surface area contributed by atoms with E-state index in [9.17, 15) is 14.7 Å². The second-order valence-electron chi connectivity index (χ2n) is 5.02. The van der Waals surface area contributed by atoms with E-state index in [0.29, 0.717) is 22.0 Å². The van der Waals surface area contributed by atoms with Crippen molar-refractivity contribution in [1.29, 1.82) is 0 Å². The predicted octanol–water partition coefficient (Wildman–Crippen LogP) is 1.66. The van der Waals surface area contributed by atoms with Crippen molar-refractivity contribution in [2.45, 2.75) is 17.6 Å². The third-order valence-corrected chi connectivity index (χ3v) is 4.52. The van der Waals surface area contributed by atoms with Crippen LogP contribution in [-0.2, 0) is 5.75 Å². The van der Waals surface area contributed by atoms with Crippen LogP contribution in [0.3, 0.4) is 0 Å². The number of carboxylic acids is 1. The van der Waals surface area contributed by atoms with Gasteiger partial charge in [-0.25, -0.2) is 4.98 Å². The van der Waals surface area contributed by atoms with Crippen molar-refractivity contribution in [1.82, 2.24) is 9.38 Å². The molecular formula is C17H13N2O3S-. The summed E-state index contributed by atoms with van der Waals surface area (Å²) in [5.74, 6) is -0.806. The van der Waals surface area contributed by atoms with Gasteiger partial charge in [0, 0.05) is 28.0 Å². The van der Waals surface area contributed by atoms with Crippen LogP contribution in [0.25, 0.3) is 5.65 Å². The Kier molecular flexibility index (Phi) is 4.16. The topological polar surface area (TPSA) is 74.5 Å². The number of aryl methyl sites for hydroxylation is 1. The van der Waals surface area contributed by atoms with Gasteiger partial charge in [0.1, 0.15) is 5.65 Å². The highest BCUT2D eigenvalue weighted by molar-refractivity contribution is 7.98. The minimum atomic E-state index is -1.21. The lowest BCUT2D eigenvalue weighted by Crippen LogP contribution is -2.22. The first-order valence-corrected chi connectivity index (χ1v) is 7.96. The first-order chi connectivity index (χ1) is 11.1. The molecule has 5 nitrogen and oxygen atoms in total. The van der Waals surface area contributed by atoms with Crippen LogP contribution in [0.5, 0.6) is 0 Å². The molecule has 0 amide bonds. The zero-order valence-corrected chi connectivity index (χ0v) is 13.2. The van der Waals surface area contributed by atoms with Gasteiger partial charge in [0.05, 0.1) is 11.7 Å². The number of rotatable bonds is 4. The second-order valence-corrected chi connectivity index (χ2v) is 6.04. The molecule has 3 aromatic rings. The average Bonchev–Trinajstić information content (AvgIpc) is 2.53. The van der Waals surface area contributed by atoms with Crippen LogP contribution >= 0.6 is 11.8 Å². The van der Waals surface area contributed by atoms with Gasteiger partial charge in [-0.2, -0.15) is 0 Å². The van der Waals surface area contributed by atoms with Crippen molar-refractivity contribution in [3.63, 3.8) is 0 Å². The smallest absolute Gasteiger partial charge is 0.258 e. The molecule has 1 aromatic carbocycles. The van der Waals surface area contributed by atoms with E-state index in [1.165, 1.54) is 23.9 Å². The molecule has 0 saturated carbocycles. The van der Waals surface area contributed by atoms with Crippen molar-refractivity contribution >= 4 is 23.4 Å². The van der Waals surface area contributed by atoms with Gasteiger partial charge >= 0.3 is 0 Å². The predicted molar refractivity (Wildman–Crippen MR) is 86.5 cm³/mol. The molecule has 0 aliphatic carbocycles. The number of hydrogen-bond acceptors (Lipinski definition) is 5. The number of pyridine rings is 1. The van der Waals surface area contributed by atoms with Gasteiger partial charge in [-0.15, -0.1) is 11.8 Å². The number of carbonyl (C=O) groups is 1. The van der Waals surface area contributed by atoms with Gasteiger partial charge < -0.3 is 9.90 Å². The first-order valence-electron chi connectivity index (χ1n) is 6.98. The van der Waals surface area contributed by atoms with Gasteiger partial charge in [0.15, 0.2) is 0 Å². The Morgan fingerprint density at radius 3 is 2.78 bits per heavy atom. The Labute approximate surface area is 136 Å². The molecule has 6 heteroatoms. The maximum absolute atomic E-state index is 12.2. The Hall–Kier alpha value is -2.60. The molecule has 2 heterocycles. The van der Waals surface area contributed by atoms with Gasteiger partial charge in [0.25, 0.3) is 5.56 Å². The fraction of sp³-hybridized carbons (Fsp3) is 0.118. The summed E-state index contributed by atoms with van der Waals surface area (Å²) in [5, 5.41) is 11.1. The molecular weight excluding hydrogens is 312 g/mol. The van der Waals surface area contributed by atoms with Crippen LogP contribution < -0.4 is 10.7 Å². The first kappa shape index (κ1) is 15.3. The summed E-state index contributed by atoms with van der Waals surface area (Å²) in [5.41, 5.74) is 2.02. The maximum Gasteiger partial charge on any atom is 0.258 e. The standard InChI is InChI=1S/C17H14N2O3S/c1-11-5-4-8-15-18-12(9-16(20)19(11)15)10-23-14-7-3-2-6-13(14)17(21)22/h2-9H,10H2,1H3,(H,21,22)/p-1. The number of hydrogen-bond donors (Lipinski definition) is 0. The molecule has 0 N–H and O–H groups in total. The lowest BCUT2D eigenvalue weighted by atomic mass is 10.2. The van der Waals surface area contributed by atoms with E-state index in [4.69, 9.17) is 0 Å².